The van der Waals surface area contributed by atoms with Gasteiger partial charge in [-0.3, -0.25) is 0 Å². The van der Waals surface area contributed by atoms with Crippen molar-refractivity contribution in [2.75, 3.05) is 13.7 Å². The van der Waals surface area contributed by atoms with E-state index in [1.165, 1.54) is 19.2 Å². The number of aliphatic hydroxyl groups excluding tert-OH is 4. The molecule has 0 aliphatic carbocycles. The van der Waals surface area contributed by atoms with Gasteiger partial charge in [0.1, 0.15) is 41.8 Å². The summed E-state index contributed by atoms with van der Waals surface area (Å²) in [4.78, 5) is 12.9. The van der Waals surface area contributed by atoms with Crippen molar-refractivity contribution in [1.82, 2.24) is 0 Å². The molecule has 2 aliphatic heterocycles. The van der Waals surface area contributed by atoms with Crippen LogP contribution in [-0.2, 0) is 15.9 Å². The Kier molecular flexibility index (Phi) is 6.22. The molecule has 0 unspecified atom stereocenters. The van der Waals surface area contributed by atoms with E-state index in [4.69, 9.17) is 18.9 Å². The van der Waals surface area contributed by atoms with Crippen LogP contribution >= 0.6 is 0 Å². The average Bonchev–Trinajstić information content (AvgIpc) is 2.79. The molecule has 0 saturated carbocycles. The summed E-state index contributed by atoms with van der Waals surface area (Å²) in [6, 6.07) is 9.56. The van der Waals surface area contributed by atoms with E-state index < -0.39 is 49.4 Å². The third-order valence-corrected chi connectivity index (χ3v) is 5.64. The number of fused-ring (bicyclic) bond motifs is 1. The molecule has 0 spiro atoms. The lowest BCUT2D eigenvalue weighted by Crippen LogP contribution is -2.60. The maximum Gasteiger partial charge on any atom is 0.342 e. The van der Waals surface area contributed by atoms with Crippen molar-refractivity contribution in [3.63, 3.8) is 0 Å². The molecule has 10 nitrogen and oxygen atoms in total. The van der Waals surface area contributed by atoms with E-state index in [9.17, 15) is 30.3 Å². The third kappa shape index (κ3) is 3.98. The Hall–Kier alpha value is -2.89. The van der Waals surface area contributed by atoms with Crippen LogP contribution < -0.4 is 9.47 Å². The number of methoxy groups -OCH3 is 1. The van der Waals surface area contributed by atoms with E-state index in [0.717, 1.165) is 0 Å². The molecule has 0 aromatic heterocycles. The Labute approximate surface area is 183 Å². The summed E-state index contributed by atoms with van der Waals surface area (Å²) in [6.45, 7) is -0.600. The number of ether oxygens (including phenoxy) is 4. The monoisotopic (exact) mass is 448 g/mol. The van der Waals surface area contributed by atoms with E-state index in [1.807, 2.05) is 0 Å². The van der Waals surface area contributed by atoms with Gasteiger partial charge in [-0.15, -0.1) is 0 Å². The molecule has 2 aromatic carbocycles. The van der Waals surface area contributed by atoms with Crippen molar-refractivity contribution in [1.29, 1.82) is 0 Å². The second-order valence-electron chi connectivity index (χ2n) is 7.63. The topological polar surface area (TPSA) is 155 Å². The number of benzene rings is 2. The smallest absolute Gasteiger partial charge is 0.342 e. The lowest BCUT2D eigenvalue weighted by atomic mass is 9.93. The van der Waals surface area contributed by atoms with Crippen LogP contribution in [0.3, 0.4) is 0 Å². The summed E-state index contributed by atoms with van der Waals surface area (Å²) >= 11 is 0. The predicted molar refractivity (Wildman–Crippen MR) is 107 cm³/mol. The first-order valence-electron chi connectivity index (χ1n) is 10.0. The lowest BCUT2D eigenvalue weighted by Gasteiger charge is -2.40. The summed E-state index contributed by atoms with van der Waals surface area (Å²) < 4.78 is 21.7. The van der Waals surface area contributed by atoms with Gasteiger partial charge < -0.3 is 44.5 Å². The molecule has 6 atom stereocenters. The number of esters is 1. The number of hydrogen-bond acceptors (Lipinski definition) is 10. The number of phenols is 1. The molecular weight excluding hydrogens is 424 g/mol. The standard InChI is InChI=1S/C22H24O10/c1-29-15-7-10(5-6-12(15)24)14-8-11-3-2-4-13(17(11)21(28)30-14)31-22-20(27)19(26)18(25)16(9-23)32-22/h2-7,14,16,18-20,22-27H,8-9H2,1H3/t14-,16+,18+,19-,20+,22+/m0/s1. The molecule has 172 valence electrons. The normalized spacial score (nSPS) is 29.7. The highest BCUT2D eigenvalue weighted by atomic mass is 16.7. The van der Waals surface area contributed by atoms with Gasteiger partial charge in [-0.1, -0.05) is 18.2 Å². The molecule has 1 saturated heterocycles. The third-order valence-electron chi connectivity index (χ3n) is 5.64. The Morgan fingerprint density at radius 2 is 1.84 bits per heavy atom. The molecule has 2 heterocycles. The highest BCUT2D eigenvalue weighted by molar-refractivity contribution is 5.95. The number of rotatable bonds is 5. The fourth-order valence-corrected chi connectivity index (χ4v) is 3.88. The number of carbonyl (C=O) groups excluding carboxylic acids is 1. The van der Waals surface area contributed by atoms with Crippen LogP contribution in [-0.4, -0.2) is 75.9 Å². The first kappa shape index (κ1) is 22.3. The van der Waals surface area contributed by atoms with E-state index >= 15 is 0 Å². The summed E-state index contributed by atoms with van der Waals surface area (Å²) in [5.74, 6) is -0.375. The molecular formula is C22H24O10. The number of cyclic esters (lactones) is 1. The Bertz CT molecular complexity index is 991. The number of hydrogen-bond donors (Lipinski definition) is 5. The molecule has 4 rings (SSSR count). The zero-order chi connectivity index (χ0) is 23.0. The van der Waals surface area contributed by atoms with Crippen LogP contribution in [0.15, 0.2) is 36.4 Å². The van der Waals surface area contributed by atoms with Gasteiger partial charge in [-0.2, -0.15) is 0 Å². The Balaban J connectivity index is 1.59. The first-order valence-corrected chi connectivity index (χ1v) is 10.0. The van der Waals surface area contributed by atoms with Gasteiger partial charge in [0, 0.05) is 6.42 Å². The molecule has 5 N–H and O–H groups in total. The van der Waals surface area contributed by atoms with E-state index in [0.29, 0.717) is 17.5 Å². The van der Waals surface area contributed by atoms with Crippen LogP contribution in [0, 0.1) is 0 Å². The molecule has 2 aliphatic rings. The van der Waals surface area contributed by atoms with Gasteiger partial charge >= 0.3 is 5.97 Å². The second-order valence-corrected chi connectivity index (χ2v) is 7.63. The van der Waals surface area contributed by atoms with Crippen molar-refractivity contribution < 1.29 is 49.3 Å². The molecule has 2 aromatic rings. The Morgan fingerprint density at radius 3 is 2.56 bits per heavy atom. The Morgan fingerprint density at radius 1 is 1.06 bits per heavy atom. The number of aromatic hydroxyl groups is 1. The predicted octanol–water partition coefficient (Wildman–Crippen LogP) is 0.0337. The molecule has 0 bridgehead atoms. The largest absolute Gasteiger partial charge is 0.504 e. The maximum atomic E-state index is 12.9. The van der Waals surface area contributed by atoms with E-state index in [2.05, 4.69) is 0 Å². The molecule has 10 heteroatoms. The van der Waals surface area contributed by atoms with Gasteiger partial charge in [-0.05, 0) is 29.3 Å². The summed E-state index contributed by atoms with van der Waals surface area (Å²) in [5.41, 5.74) is 1.41. The minimum atomic E-state index is -1.61. The minimum Gasteiger partial charge on any atom is -0.504 e. The van der Waals surface area contributed by atoms with Crippen LogP contribution in [0.1, 0.15) is 27.6 Å². The second kappa shape index (κ2) is 8.93. The maximum absolute atomic E-state index is 12.9. The first-order chi connectivity index (χ1) is 15.3. The highest BCUT2D eigenvalue weighted by Crippen LogP contribution is 2.38. The summed E-state index contributed by atoms with van der Waals surface area (Å²) in [5, 5.41) is 49.3. The SMILES string of the molecule is COc1cc([C@@H]2Cc3cccc(O[C@@H]4O[C@H](CO)[C@@H](O)[C@H](O)[C@H]4O)c3C(=O)O2)ccc1O. The lowest BCUT2D eigenvalue weighted by molar-refractivity contribution is -0.277. The fourth-order valence-electron chi connectivity index (χ4n) is 3.88. The van der Waals surface area contributed by atoms with Crippen LogP contribution in [0.5, 0.6) is 17.2 Å². The van der Waals surface area contributed by atoms with E-state index in [-0.39, 0.29) is 22.8 Å². The molecule has 32 heavy (non-hydrogen) atoms. The van der Waals surface area contributed by atoms with Crippen LogP contribution in [0.4, 0.5) is 0 Å². The van der Waals surface area contributed by atoms with E-state index in [1.54, 1.807) is 24.3 Å². The zero-order valence-corrected chi connectivity index (χ0v) is 17.1. The van der Waals surface area contributed by atoms with Gasteiger partial charge in [0.15, 0.2) is 11.5 Å². The zero-order valence-electron chi connectivity index (χ0n) is 17.1. The molecule has 0 radical (unpaired) electrons. The molecule has 0 amide bonds. The fraction of sp³-hybridized carbons (Fsp3) is 0.409. The van der Waals surface area contributed by atoms with Crippen molar-refractivity contribution in [2.45, 2.75) is 43.2 Å². The number of carbonyl (C=O) groups is 1. The van der Waals surface area contributed by atoms with Crippen molar-refractivity contribution in [3.05, 3.63) is 53.1 Å². The van der Waals surface area contributed by atoms with Crippen molar-refractivity contribution in [3.8, 4) is 17.2 Å². The van der Waals surface area contributed by atoms with Gasteiger partial charge in [0.25, 0.3) is 0 Å². The number of phenolic OH excluding ortho intramolecular Hbond substituents is 1. The summed E-state index contributed by atoms with van der Waals surface area (Å²) in [7, 11) is 1.42. The van der Waals surface area contributed by atoms with Gasteiger partial charge in [-0.25, -0.2) is 4.79 Å². The van der Waals surface area contributed by atoms with Gasteiger partial charge in [0.2, 0.25) is 6.29 Å². The van der Waals surface area contributed by atoms with Gasteiger partial charge in [0.05, 0.1) is 13.7 Å². The minimum absolute atomic E-state index is 0.0333. The quantitative estimate of drug-likeness (QED) is 0.396. The molecule has 1 fully saturated rings. The average molecular weight is 448 g/mol. The van der Waals surface area contributed by atoms with Crippen LogP contribution in [0.25, 0.3) is 0 Å². The van der Waals surface area contributed by atoms with Crippen molar-refractivity contribution >= 4 is 5.97 Å². The summed E-state index contributed by atoms with van der Waals surface area (Å²) in [6.07, 6.45) is -7.60. The number of aliphatic hydroxyl groups is 4. The highest BCUT2D eigenvalue weighted by Gasteiger charge is 2.45. The van der Waals surface area contributed by atoms with Crippen molar-refractivity contribution in [2.24, 2.45) is 0 Å². The van der Waals surface area contributed by atoms with Crippen LogP contribution in [0.2, 0.25) is 0 Å².